The summed E-state index contributed by atoms with van der Waals surface area (Å²) in [4.78, 5) is 25.7. The zero-order valence-electron chi connectivity index (χ0n) is 17.1. The van der Waals surface area contributed by atoms with Crippen molar-refractivity contribution in [3.05, 3.63) is 98.3 Å². The molecule has 1 aliphatic heterocycles. The minimum atomic E-state index is -0.537. The highest BCUT2D eigenvalue weighted by Crippen LogP contribution is 2.28. The molecule has 3 aromatic rings. The van der Waals surface area contributed by atoms with Gasteiger partial charge in [0.2, 0.25) is 0 Å². The SMILES string of the molecule is Cn1cccc1C(CNC(=O)c1cc([N+](=O)[O-])ccc1Cl)N1CCc2ccccc2C1. The number of nitrogens with one attached hydrogen (secondary N) is 1. The molecular formula is C23H23ClN4O3. The lowest BCUT2D eigenvalue weighted by Gasteiger charge is -2.36. The predicted molar refractivity (Wildman–Crippen MR) is 119 cm³/mol. The summed E-state index contributed by atoms with van der Waals surface area (Å²) in [6.07, 6.45) is 2.93. The number of carbonyl (C=O) groups excluding carboxylic acids is 1. The zero-order chi connectivity index (χ0) is 22.0. The number of carbonyl (C=O) groups is 1. The van der Waals surface area contributed by atoms with Gasteiger partial charge in [0.15, 0.2) is 0 Å². The van der Waals surface area contributed by atoms with E-state index in [2.05, 4.69) is 39.0 Å². The Labute approximate surface area is 185 Å². The third-order valence-electron chi connectivity index (χ3n) is 5.79. The summed E-state index contributed by atoms with van der Waals surface area (Å²) >= 11 is 6.14. The molecule has 1 aliphatic rings. The summed E-state index contributed by atoms with van der Waals surface area (Å²) in [6, 6.07) is 16.3. The van der Waals surface area contributed by atoms with Gasteiger partial charge in [0.25, 0.3) is 11.6 Å². The van der Waals surface area contributed by atoms with Crippen LogP contribution in [0.5, 0.6) is 0 Å². The molecule has 7 nitrogen and oxygen atoms in total. The maximum atomic E-state index is 12.8. The lowest BCUT2D eigenvalue weighted by molar-refractivity contribution is -0.384. The number of hydrogen-bond acceptors (Lipinski definition) is 4. The quantitative estimate of drug-likeness (QED) is 0.463. The maximum absolute atomic E-state index is 12.8. The Morgan fingerprint density at radius 3 is 2.68 bits per heavy atom. The van der Waals surface area contributed by atoms with E-state index in [1.54, 1.807) is 0 Å². The number of nitro groups is 1. The standard InChI is InChI=1S/C23H23ClN4O3/c1-26-11-4-7-21(26)22(27-12-10-16-5-2-3-6-17(16)15-27)14-25-23(29)19-13-18(28(30)31)8-9-20(19)24/h2-9,11,13,22H,10,12,14-15H2,1H3,(H,25,29). The molecule has 160 valence electrons. The molecular weight excluding hydrogens is 416 g/mol. The summed E-state index contributed by atoms with van der Waals surface area (Å²) in [5.74, 6) is -0.426. The van der Waals surface area contributed by atoms with Crippen LogP contribution in [0.1, 0.15) is 33.2 Å². The van der Waals surface area contributed by atoms with Gasteiger partial charge in [-0.3, -0.25) is 19.8 Å². The number of aryl methyl sites for hydroxylation is 1. The summed E-state index contributed by atoms with van der Waals surface area (Å²) in [6.45, 7) is 2.03. The molecule has 0 saturated carbocycles. The summed E-state index contributed by atoms with van der Waals surface area (Å²) < 4.78 is 2.05. The second kappa shape index (κ2) is 8.91. The average Bonchev–Trinajstić information content (AvgIpc) is 3.19. The molecule has 1 atom stereocenters. The molecule has 0 saturated heterocycles. The Kier molecular flexibility index (Phi) is 6.06. The van der Waals surface area contributed by atoms with E-state index in [0.29, 0.717) is 6.54 Å². The number of aromatic nitrogens is 1. The third-order valence-corrected chi connectivity index (χ3v) is 6.12. The van der Waals surface area contributed by atoms with Gasteiger partial charge >= 0.3 is 0 Å². The topological polar surface area (TPSA) is 80.4 Å². The van der Waals surface area contributed by atoms with Crippen LogP contribution in [0.3, 0.4) is 0 Å². The molecule has 0 aliphatic carbocycles. The number of rotatable bonds is 6. The first-order valence-corrected chi connectivity index (χ1v) is 10.5. The van der Waals surface area contributed by atoms with Crippen molar-refractivity contribution in [3.63, 3.8) is 0 Å². The zero-order valence-corrected chi connectivity index (χ0v) is 17.9. The molecule has 1 aromatic heterocycles. The summed E-state index contributed by atoms with van der Waals surface area (Å²) in [7, 11) is 1.99. The lowest BCUT2D eigenvalue weighted by Crippen LogP contribution is -2.41. The number of nitro benzene ring substituents is 1. The first kappa shape index (κ1) is 21.1. The molecule has 4 rings (SSSR count). The van der Waals surface area contributed by atoms with Gasteiger partial charge in [0.05, 0.1) is 21.6 Å². The molecule has 2 heterocycles. The van der Waals surface area contributed by atoms with E-state index in [0.717, 1.165) is 25.2 Å². The highest BCUT2D eigenvalue weighted by atomic mass is 35.5. The molecule has 0 spiro atoms. The number of nitrogens with zero attached hydrogens (tertiary/aromatic N) is 3. The maximum Gasteiger partial charge on any atom is 0.270 e. The molecule has 31 heavy (non-hydrogen) atoms. The fraction of sp³-hybridized carbons (Fsp3) is 0.261. The number of fused-ring (bicyclic) bond motifs is 1. The molecule has 1 amide bonds. The Balaban J connectivity index is 1.56. The van der Waals surface area contributed by atoms with Crippen LogP contribution in [-0.4, -0.2) is 33.4 Å². The average molecular weight is 439 g/mol. The Hall–Kier alpha value is -3.16. The van der Waals surface area contributed by atoms with Gasteiger partial charge in [-0.1, -0.05) is 35.9 Å². The fourth-order valence-electron chi connectivity index (χ4n) is 4.11. The smallest absolute Gasteiger partial charge is 0.270 e. The van der Waals surface area contributed by atoms with Gasteiger partial charge in [-0.2, -0.15) is 0 Å². The number of amides is 1. The lowest BCUT2D eigenvalue weighted by atomic mass is 9.97. The monoisotopic (exact) mass is 438 g/mol. The molecule has 8 heteroatoms. The van der Waals surface area contributed by atoms with Crippen molar-refractivity contribution >= 4 is 23.2 Å². The molecule has 0 radical (unpaired) electrons. The molecule has 1 N–H and O–H groups in total. The first-order valence-electron chi connectivity index (χ1n) is 10.1. The normalized spacial score (nSPS) is 14.6. The van der Waals surface area contributed by atoms with E-state index in [4.69, 9.17) is 11.6 Å². The van der Waals surface area contributed by atoms with Crippen molar-refractivity contribution in [3.8, 4) is 0 Å². The Morgan fingerprint density at radius 1 is 1.19 bits per heavy atom. The molecule has 0 bridgehead atoms. The number of non-ortho nitro benzene ring substituents is 1. The number of hydrogen-bond donors (Lipinski definition) is 1. The molecule has 2 aromatic carbocycles. The van der Waals surface area contributed by atoms with Crippen molar-refractivity contribution < 1.29 is 9.72 Å². The van der Waals surface area contributed by atoms with Crippen molar-refractivity contribution in [2.24, 2.45) is 7.05 Å². The predicted octanol–water partition coefficient (Wildman–Crippen LogP) is 4.12. The van der Waals surface area contributed by atoms with Crippen LogP contribution in [0.25, 0.3) is 0 Å². The van der Waals surface area contributed by atoms with Crippen LogP contribution in [0.4, 0.5) is 5.69 Å². The van der Waals surface area contributed by atoms with Crippen LogP contribution < -0.4 is 5.32 Å². The first-order chi connectivity index (χ1) is 14.9. The van der Waals surface area contributed by atoms with Crippen LogP contribution in [-0.2, 0) is 20.0 Å². The van der Waals surface area contributed by atoms with E-state index in [9.17, 15) is 14.9 Å². The van der Waals surface area contributed by atoms with Crippen LogP contribution in [0.2, 0.25) is 5.02 Å². The van der Waals surface area contributed by atoms with Gasteiger partial charge in [0, 0.05) is 50.7 Å². The van der Waals surface area contributed by atoms with E-state index in [1.807, 2.05) is 25.4 Å². The van der Waals surface area contributed by atoms with Gasteiger partial charge in [-0.25, -0.2) is 0 Å². The Bertz CT molecular complexity index is 1130. The fourth-order valence-corrected chi connectivity index (χ4v) is 4.31. The molecule has 1 unspecified atom stereocenters. The van der Waals surface area contributed by atoms with Crippen LogP contribution in [0.15, 0.2) is 60.8 Å². The van der Waals surface area contributed by atoms with Crippen molar-refractivity contribution in [1.82, 2.24) is 14.8 Å². The minimum Gasteiger partial charge on any atom is -0.353 e. The van der Waals surface area contributed by atoms with E-state index in [1.165, 1.54) is 29.3 Å². The summed E-state index contributed by atoms with van der Waals surface area (Å²) in [5, 5.41) is 14.2. The van der Waals surface area contributed by atoms with E-state index < -0.39 is 10.8 Å². The van der Waals surface area contributed by atoms with E-state index in [-0.39, 0.29) is 22.3 Å². The summed E-state index contributed by atoms with van der Waals surface area (Å²) in [5.41, 5.74) is 3.68. The Morgan fingerprint density at radius 2 is 1.97 bits per heavy atom. The van der Waals surface area contributed by atoms with Crippen LogP contribution >= 0.6 is 11.6 Å². The number of benzene rings is 2. The second-order valence-electron chi connectivity index (χ2n) is 7.68. The molecule has 0 fully saturated rings. The van der Waals surface area contributed by atoms with Crippen molar-refractivity contribution in [1.29, 1.82) is 0 Å². The van der Waals surface area contributed by atoms with Gasteiger partial charge in [-0.05, 0) is 35.7 Å². The largest absolute Gasteiger partial charge is 0.353 e. The van der Waals surface area contributed by atoms with Gasteiger partial charge < -0.3 is 9.88 Å². The minimum absolute atomic E-state index is 0.0465. The van der Waals surface area contributed by atoms with Gasteiger partial charge in [0.1, 0.15) is 0 Å². The van der Waals surface area contributed by atoms with Crippen molar-refractivity contribution in [2.45, 2.75) is 19.0 Å². The number of halogens is 1. The van der Waals surface area contributed by atoms with Gasteiger partial charge in [-0.15, -0.1) is 0 Å². The second-order valence-corrected chi connectivity index (χ2v) is 8.09. The third kappa shape index (κ3) is 4.47. The highest BCUT2D eigenvalue weighted by molar-refractivity contribution is 6.33. The van der Waals surface area contributed by atoms with Crippen molar-refractivity contribution in [2.75, 3.05) is 13.1 Å². The van der Waals surface area contributed by atoms with Crippen LogP contribution in [0, 0.1) is 10.1 Å². The highest BCUT2D eigenvalue weighted by Gasteiger charge is 2.27. The van der Waals surface area contributed by atoms with E-state index >= 15 is 0 Å².